The SMILES string of the molecule is CC(CC(=O)O)CC(=O)NC(=O)Nc1cc(F)ccc1Cl. The molecular formula is C13H14ClFN2O4. The molecule has 0 heterocycles. The number of nitrogens with one attached hydrogen (secondary N) is 2. The number of aliphatic carboxylic acids is 1. The van der Waals surface area contributed by atoms with Crippen molar-refractivity contribution in [3.05, 3.63) is 29.0 Å². The highest BCUT2D eigenvalue weighted by molar-refractivity contribution is 6.33. The Hall–Kier alpha value is -2.15. The highest BCUT2D eigenvalue weighted by Crippen LogP contribution is 2.22. The molecule has 1 atom stereocenters. The number of imide groups is 1. The van der Waals surface area contributed by atoms with E-state index in [2.05, 4.69) is 5.32 Å². The van der Waals surface area contributed by atoms with Crippen LogP contribution in [0.5, 0.6) is 0 Å². The second-order valence-corrected chi connectivity index (χ2v) is 4.94. The van der Waals surface area contributed by atoms with Gasteiger partial charge in [0.1, 0.15) is 5.82 Å². The van der Waals surface area contributed by atoms with E-state index in [-0.39, 0.29) is 23.6 Å². The smallest absolute Gasteiger partial charge is 0.325 e. The molecule has 1 aromatic carbocycles. The molecule has 114 valence electrons. The first-order valence-corrected chi connectivity index (χ1v) is 6.43. The first-order chi connectivity index (χ1) is 9.77. The van der Waals surface area contributed by atoms with Gasteiger partial charge in [-0.05, 0) is 24.1 Å². The fourth-order valence-corrected chi connectivity index (χ4v) is 1.78. The summed E-state index contributed by atoms with van der Waals surface area (Å²) >= 11 is 5.76. The average Bonchev–Trinajstić information content (AvgIpc) is 2.32. The highest BCUT2D eigenvalue weighted by Gasteiger charge is 2.15. The molecule has 0 aliphatic heterocycles. The largest absolute Gasteiger partial charge is 0.481 e. The summed E-state index contributed by atoms with van der Waals surface area (Å²) in [5.74, 6) is -2.65. The third kappa shape index (κ3) is 6.22. The molecule has 0 spiro atoms. The maximum Gasteiger partial charge on any atom is 0.325 e. The van der Waals surface area contributed by atoms with Crippen molar-refractivity contribution < 1.29 is 23.9 Å². The predicted molar refractivity (Wildman–Crippen MR) is 74.6 cm³/mol. The van der Waals surface area contributed by atoms with Crippen molar-refractivity contribution in [3.63, 3.8) is 0 Å². The number of anilines is 1. The Kier molecular flexibility index (Phi) is 6.10. The molecule has 0 radical (unpaired) electrons. The summed E-state index contributed by atoms with van der Waals surface area (Å²) in [6.45, 7) is 1.58. The van der Waals surface area contributed by atoms with Gasteiger partial charge in [0.2, 0.25) is 5.91 Å². The van der Waals surface area contributed by atoms with Gasteiger partial charge in [0.25, 0.3) is 0 Å². The van der Waals surface area contributed by atoms with Gasteiger partial charge in [0.15, 0.2) is 0 Å². The number of carbonyl (C=O) groups excluding carboxylic acids is 2. The van der Waals surface area contributed by atoms with Crippen molar-refractivity contribution in [2.24, 2.45) is 5.92 Å². The van der Waals surface area contributed by atoms with Crippen LogP contribution in [0.4, 0.5) is 14.9 Å². The quantitative estimate of drug-likeness (QED) is 0.778. The molecule has 1 unspecified atom stereocenters. The number of hydrogen-bond donors (Lipinski definition) is 3. The van der Waals surface area contributed by atoms with E-state index < -0.39 is 29.6 Å². The van der Waals surface area contributed by atoms with Crippen molar-refractivity contribution in [3.8, 4) is 0 Å². The van der Waals surface area contributed by atoms with E-state index in [0.717, 1.165) is 12.1 Å². The average molecular weight is 317 g/mol. The van der Waals surface area contributed by atoms with E-state index >= 15 is 0 Å². The van der Waals surface area contributed by atoms with Crippen LogP contribution in [0.25, 0.3) is 0 Å². The normalized spacial score (nSPS) is 11.6. The summed E-state index contributed by atoms with van der Waals surface area (Å²) in [6.07, 6.45) is -0.290. The maximum atomic E-state index is 13.0. The summed E-state index contributed by atoms with van der Waals surface area (Å²) in [6, 6.07) is 2.54. The Morgan fingerprint density at radius 1 is 1.33 bits per heavy atom. The molecule has 0 aliphatic rings. The Bertz CT molecular complexity index is 565. The lowest BCUT2D eigenvalue weighted by Gasteiger charge is -2.10. The van der Waals surface area contributed by atoms with Crippen LogP contribution in [0.3, 0.4) is 0 Å². The van der Waals surface area contributed by atoms with Gasteiger partial charge in [-0.15, -0.1) is 0 Å². The van der Waals surface area contributed by atoms with Crippen LogP contribution in [0.2, 0.25) is 5.02 Å². The van der Waals surface area contributed by atoms with E-state index in [0.29, 0.717) is 0 Å². The minimum Gasteiger partial charge on any atom is -0.481 e. The second kappa shape index (κ2) is 7.58. The summed E-state index contributed by atoms with van der Waals surface area (Å²) < 4.78 is 13.0. The molecule has 6 nitrogen and oxygen atoms in total. The molecule has 1 aromatic rings. The lowest BCUT2D eigenvalue weighted by molar-refractivity contribution is -0.138. The molecule has 0 aromatic heterocycles. The molecule has 21 heavy (non-hydrogen) atoms. The van der Waals surface area contributed by atoms with E-state index in [1.165, 1.54) is 6.07 Å². The van der Waals surface area contributed by atoms with Gasteiger partial charge in [-0.1, -0.05) is 18.5 Å². The molecule has 8 heteroatoms. The van der Waals surface area contributed by atoms with E-state index in [9.17, 15) is 18.8 Å². The van der Waals surface area contributed by atoms with E-state index in [1.807, 2.05) is 5.32 Å². The summed E-state index contributed by atoms with van der Waals surface area (Å²) in [5, 5.41) is 12.9. The number of rotatable bonds is 5. The van der Waals surface area contributed by atoms with Crippen molar-refractivity contribution in [1.29, 1.82) is 0 Å². The second-order valence-electron chi connectivity index (χ2n) is 4.53. The number of hydrogen-bond acceptors (Lipinski definition) is 3. The number of benzene rings is 1. The zero-order valence-corrected chi connectivity index (χ0v) is 11.9. The van der Waals surface area contributed by atoms with E-state index in [4.69, 9.17) is 16.7 Å². The van der Waals surface area contributed by atoms with Crippen LogP contribution >= 0.6 is 11.6 Å². The molecule has 0 aliphatic carbocycles. The molecule has 0 fully saturated rings. The van der Waals surface area contributed by atoms with Crippen molar-refractivity contribution >= 4 is 35.2 Å². The number of carboxylic acids is 1. The maximum absolute atomic E-state index is 13.0. The van der Waals surface area contributed by atoms with Gasteiger partial charge >= 0.3 is 12.0 Å². The first kappa shape index (κ1) is 16.9. The summed E-state index contributed by atoms with van der Waals surface area (Å²) in [7, 11) is 0. The molecule has 1 rings (SSSR count). The number of carboxylic acid groups (broad SMARTS) is 1. The minimum absolute atomic E-state index is 0.0283. The zero-order valence-electron chi connectivity index (χ0n) is 11.2. The Morgan fingerprint density at radius 3 is 2.62 bits per heavy atom. The predicted octanol–water partition coefficient (Wildman–Crippen LogP) is 2.63. The van der Waals surface area contributed by atoms with Crippen LogP contribution in [-0.4, -0.2) is 23.0 Å². The number of urea groups is 1. The van der Waals surface area contributed by atoms with Crippen molar-refractivity contribution in [1.82, 2.24) is 5.32 Å². The molecule has 0 saturated heterocycles. The zero-order chi connectivity index (χ0) is 16.0. The van der Waals surface area contributed by atoms with Gasteiger partial charge in [-0.2, -0.15) is 0 Å². The fourth-order valence-electron chi connectivity index (χ4n) is 1.61. The lowest BCUT2D eigenvalue weighted by atomic mass is 10.0. The Morgan fingerprint density at radius 2 is 2.00 bits per heavy atom. The van der Waals surface area contributed by atoms with Crippen LogP contribution in [0.1, 0.15) is 19.8 Å². The Labute approximate surface area is 125 Å². The van der Waals surface area contributed by atoms with Crippen LogP contribution in [0.15, 0.2) is 18.2 Å². The fraction of sp³-hybridized carbons (Fsp3) is 0.308. The van der Waals surface area contributed by atoms with Gasteiger partial charge in [0.05, 0.1) is 10.7 Å². The molecule has 3 amide bonds. The van der Waals surface area contributed by atoms with Crippen molar-refractivity contribution in [2.75, 3.05) is 5.32 Å². The summed E-state index contributed by atoms with van der Waals surface area (Å²) in [4.78, 5) is 33.5. The highest BCUT2D eigenvalue weighted by atomic mass is 35.5. The standard InChI is InChI=1S/C13H14ClFN2O4/c1-7(5-12(19)20)4-11(18)17-13(21)16-10-6-8(15)2-3-9(10)14/h2-3,6-7H,4-5H2,1H3,(H,19,20)(H2,16,17,18,21). The molecule has 0 saturated carbocycles. The lowest BCUT2D eigenvalue weighted by Crippen LogP contribution is -2.35. The number of amides is 3. The molecular weight excluding hydrogens is 303 g/mol. The van der Waals surface area contributed by atoms with Gasteiger partial charge in [0, 0.05) is 12.8 Å². The van der Waals surface area contributed by atoms with Gasteiger partial charge in [-0.25, -0.2) is 9.18 Å². The van der Waals surface area contributed by atoms with Gasteiger partial charge < -0.3 is 10.4 Å². The number of halogens is 2. The van der Waals surface area contributed by atoms with E-state index in [1.54, 1.807) is 6.92 Å². The topological polar surface area (TPSA) is 95.5 Å². The van der Waals surface area contributed by atoms with Crippen LogP contribution < -0.4 is 10.6 Å². The van der Waals surface area contributed by atoms with Crippen LogP contribution in [-0.2, 0) is 9.59 Å². The summed E-state index contributed by atoms with van der Waals surface area (Å²) in [5.41, 5.74) is 0.0283. The molecule has 3 N–H and O–H groups in total. The first-order valence-electron chi connectivity index (χ1n) is 6.05. The van der Waals surface area contributed by atoms with Crippen molar-refractivity contribution in [2.45, 2.75) is 19.8 Å². The monoisotopic (exact) mass is 316 g/mol. The third-order valence-corrected chi connectivity index (χ3v) is 2.82. The number of carbonyl (C=O) groups is 3. The van der Waals surface area contributed by atoms with Gasteiger partial charge in [-0.3, -0.25) is 14.9 Å². The molecule has 0 bridgehead atoms. The van der Waals surface area contributed by atoms with Crippen LogP contribution in [0, 0.1) is 11.7 Å². The minimum atomic E-state index is -1.02. The Balaban J connectivity index is 2.51. The third-order valence-electron chi connectivity index (χ3n) is 2.49.